The summed E-state index contributed by atoms with van der Waals surface area (Å²) in [5.74, 6) is 0.887. The summed E-state index contributed by atoms with van der Waals surface area (Å²) in [7, 11) is 4.11. The molecule has 122 valence electrons. The Balaban J connectivity index is 1.65. The number of carbonyl (C=O) groups is 1. The van der Waals surface area contributed by atoms with Crippen molar-refractivity contribution in [1.29, 1.82) is 0 Å². The Bertz CT molecular complexity index is 624. The van der Waals surface area contributed by atoms with Crippen LogP contribution in [0.1, 0.15) is 23.5 Å². The molecule has 0 bridgehead atoms. The van der Waals surface area contributed by atoms with E-state index in [0.717, 1.165) is 26.1 Å². The SMILES string of the molecule is CN(C)CCN(Cc1ccsc1)C(=O)[C@@H]1C[C@H]1c1ccccc1. The first kappa shape index (κ1) is 16.2. The van der Waals surface area contributed by atoms with Crippen molar-refractivity contribution in [1.82, 2.24) is 9.80 Å². The van der Waals surface area contributed by atoms with E-state index in [2.05, 4.69) is 60.1 Å². The second-order valence-electron chi connectivity index (χ2n) is 6.55. The molecule has 4 heteroatoms. The Morgan fingerprint density at radius 3 is 2.61 bits per heavy atom. The van der Waals surface area contributed by atoms with Gasteiger partial charge in [0.1, 0.15) is 0 Å². The Morgan fingerprint density at radius 1 is 1.17 bits per heavy atom. The largest absolute Gasteiger partial charge is 0.337 e. The van der Waals surface area contributed by atoms with Gasteiger partial charge in [0.2, 0.25) is 5.91 Å². The highest BCUT2D eigenvalue weighted by molar-refractivity contribution is 7.07. The van der Waals surface area contributed by atoms with Crippen molar-refractivity contribution in [2.24, 2.45) is 5.92 Å². The molecule has 1 saturated carbocycles. The van der Waals surface area contributed by atoms with E-state index in [4.69, 9.17) is 0 Å². The fourth-order valence-corrected chi connectivity index (χ4v) is 3.62. The lowest BCUT2D eigenvalue weighted by Crippen LogP contribution is -2.37. The highest BCUT2D eigenvalue weighted by Crippen LogP contribution is 2.48. The fourth-order valence-electron chi connectivity index (χ4n) is 2.96. The van der Waals surface area contributed by atoms with Gasteiger partial charge in [-0.2, -0.15) is 11.3 Å². The molecule has 1 aliphatic carbocycles. The van der Waals surface area contributed by atoms with Crippen molar-refractivity contribution in [2.75, 3.05) is 27.2 Å². The Kier molecular flexibility index (Phi) is 5.13. The first-order valence-corrected chi connectivity index (χ1v) is 9.09. The molecule has 0 aliphatic heterocycles. The van der Waals surface area contributed by atoms with Gasteiger partial charge in [-0.1, -0.05) is 30.3 Å². The lowest BCUT2D eigenvalue weighted by molar-refractivity contribution is -0.133. The smallest absolute Gasteiger partial charge is 0.226 e. The van der Waals surface area contributed by atoms with Crippen LogP contribution in [0.25, 0.3) is 0 Å². The van der Waals surface area contributed by atoms with E-state index in [9.17, 15) is 4.79 Å². The van der Waals surface area contributed by atoms with Crippen LogP contribution >= 0.6 is 11.3 Å². The van der Waals surface area contributed by atoms with E-state index in [0.29, 0.717) is 11.8 Å². The minimum Gasteiger partial charge on any atom is -0.337 e. The summed E-state index contributed by atoms with van der Waals surface area (Å²) in [4.78, 5) is 17.1. The Morgan fingerprint density at radius 2 is 1.96 bits per heavy atom. The van der Waals surface area contributed by atoms with E-state index >= 15 is 0 Å². The first-order valence-electron chi connectivity index (χ1n) is 8.14. The van der Waals surface area contributed by atoms with Gasteiger partial charge in [-0.15, -0.1) is 0 Å². The number of hydrogen-bond acceptors (Lipinski definition) is 3. The quantitative estimate of drug-likeness (QED) is 0.777. The average molecular weight is 328 g/mol. The molecule has 3 nitrogen and oxygen atoms in total. The van der Waals surface area contributed by atoms with Crippen molar-refractivity contribution in [3.63, 3.8) is 0 Å². The van der Waals surface area contributed by atoms with Gasteiger partial charge >= 0.3 is 0 Å². The Labute approximate surface area is 142 Å². The van der Waals surface area contributed by atoms with Crippen LogP contribution in [-0.4, -0.2) is 42.9 Å². The molecule has 1 heterocycles. The molecule has 0 N–H and O–H groups in total. The number of thiophene rings is 1. The predicted octanol–water partition coefficient (Wildman–Crippen LogP) is 3.44. The Hall–Kier alpha value is -1.65. The zero-order valence-corrected chi connectivity index (χ0v) is 14.6. The molecule has 23 heavy (non-hydrogen) atoms. The summed E-state index contributed by atoms with van der Waals surface area (Å²) in [5, 5.41) is 4.21. The van der Waals surface area contributed by atoms with E-state index in [1.165, 1.54) is 11.1 Å². The molecule has 2 aromatic rings. The second kappa shape index (κ2) is 7.28. The molecule has 1 aromatic carbocycles. The number of rotatable bonds is 7. The molecule has 0 saturated heterocycles. The van der Waals surface area contributed by atoms with Crippen LogP contribution in [0.3, 0.4) is 0 Å². The zero-order chi connectivity index (χ0) is 16.2. The second-order valence-corrected chi connectivity index (χ2v) is 7.33. The number of nitrogens with zero attached hydrogens (tertiary/aromatic N) is 2. The molecular weight excluding hydrogens is 304 g/mol. The zero-order valence-electron chi connectivity index (χ0n) is 13.8. The first-order chi connectivity index (χ1) is 11.1. The topological polar surface area (TPSA) is 23.6 Å². The highest BCUT2D eigenvalue weighted by atomic mass is 32.1. The van der Waals surface area contributed by atoms with Crippen molar-refractivity contribution >= 4 is 17.2 Å². The summed E-state index contributed by atoms with van der Waals surface area (Å²) >= 11 is 1.69. The molecular formula is C19H24N2OS. The standard InChI is InChI=1S/C19H24N2OS/c1-20(2)9-10-21(13-15-8-11-23-14-15)19(22)18-12-17(18)16-6-4-3-5-7-16/h3-8,11,14,17-18H,9-10,12-13H2,1-2H3/t17-,18+/m0/s1. The molecule has 0 radical (unpaired) electrons. The molecule has 0 spiro atoms. The van der Waals surface area contributed by atoms with Crippen LogP contribution in [0.15, 0.2) is 47.2 Å². The predicted molar refractivity (Wildman–Crippen MR) is 95.6 cm³/mol. The molecule has 1 aliphatic rings. The molecule has 1 fully saturated rings. The maximum Gasteiger partial charge on any atom is 0.226 e. The summed E-state index contributed by atoms with van der Waals surface area (Å²) in [6.07, 6.45) is 0.991. The van der Waals surface area contributed by atoms with Gasteiger partial charge in [-0.05, 0) is 54.4 Å². The molecule has 0 unspecified atom stereocenters. The number of amides is 1. The third kappa shape index (κ3) is 4.21. The molecule has 3 rings (SSSR count). The number of likely N-dealkylation sites (N-methyl/N-ethyl adjacent to an activating group) is 1. The molecule has 2 atom stereocenters. The summed E-state index contributed by atoms with van der Waals surface area (Å²) < 4.78 is 0. The van der Waals surface area contributed by atoms with Crippen molar-refractivity contribution in [3.05, 3.63) is 58.3 Å². The summed E-state index contributed by atoms with van der Waals surface area (Å²) in [5.41, 5.74) is 2.54. The van der Waals surface area contributed by atoms with Gasteiger partial charge in [0, 0.05) is 25.6 Å². The average Bonchev–Trinajstić information content (AvgIpc) is 3.20. The summed E-state index contributed by atoms with van der Waals surface area (Å²) in [6.45, 7) is 2.42. The van der Waals surface area contributed by atoms with Crippen LogP contribution in [-0.2, 0) is 11.3 Å². The van der Waals surface area contributed by atoms with Gasteiger partial charge in [-0.3, -0.25) is 4.79 Å². The van der Waals surface area contributed by atoms with Crippen LogP contribution < -0.4 is 0 Å². The lowest BCUT2D eigenvalue weighted by Gasteiger charge is -2.24. The van der Waals surface area contributed by atoms with Crippen LogP contribution in [0.5, 0.6) is 0 Å². The lowest BCUT2D eigenvalue weighted by atomic mass is 10.1. The normalized spacial score (nSPS) is 19.8. The van der Waals surface area contributed by atoms with Crippen LogP contribution in [0.2, 0.25) is 0 Å². The van der Waals surface area contributed by atoms with E-state index in [1.807, 2.05) is 11.0 Å². The minimum atomic E-state index is 0.165. The molecule has 1 aromatic heterocycles. The highest BCUT2D eigenvalue weighted by Gasteiger charge is 2.45. The van der Waals surface area contributed by atoms with Gasteiger partial charge in [0.05, 0.1) is 0 Å². The van der Waals surface area contributed by atoms with Gasteiger partial charge in [0.25, 0.3) is 0 Å². The van der Waals surface area contributed by atoms with Crippen LogP contribution in [0, 0.1) is 5.92 Å². The molecule has 1 amide bonds. The van der Waals surface area contributed by atoms with Crippen molar-refractivity contribution < 1.29 is 4.79 Å². The monoisotopic (exact) mass is 328 g/mol. The van der Waals surface area contributed by atoms with Gasteiger partial charge < -0.3 is 9.80 Å². The van der Waals surface area contributed by atoms with E-state index in [-0.39, 0.29) is 5.92 Å². The van der Waals surface area contributed by atoms with Gasteiger partial charge in [-0.25, -0.2) is 0 Å². The van der Waals surface area contributed by atoms with Crippen molar-refractivity contribution in [3.8, 4) is 0 Å². The third-order valence-electron chi connectivity index (χ3n) is 4.42. The minimum absolute atomic E-state index is 0.165. The number of benzene rings is 1. The number of carbonyl (C=O) groups excluding carboxylic acids is 1. The third-order valence-corrected chi connectivity index (χ3v) is 5.15. The van der Waals surface area contributed by atoms with E-state index in [1.54, 1.807) is 11.3 Å². The van der Waals surface area contributed by atoms with Crippen molar-refractivity contribution in [2.45, 2.75) is 18.9 Å². The van der Waals surface area contributed by atoms with Gasteiger partial charge in [0.15, 0.2) is 0 Å². The maximum atomic E-state index is 12.9. The fraction of sp³-hybridized carbons (Fsp3) is 0.421. The number of hydrogen-bond donors (Lipinski definition) is 0. The van der Waals surface area contributed by atoms with Crippen LogP contribution in [0.4, 0.5) is 0 Å². The summed E-state index contributed by atoms with van der Waals surface area (Å²) in [6, 6.07) is 12.5. The maximum absolute atomic E-state index is 12.9. The van der Waals surface area contributed by atoms with E-state index < -0.39 is 0 Å².